The lowest BCUT2D eigenvalue weighted by Gasteiger charge is -2.01. The van der Waals surface area contributed by atoms with Crippen LogP contribution in [0.1, 0.15) is 10.4 Å². The van der Waals surface area contributed by atoms with E-state index in [4.69, 9.17) is 0 Å². The minimum Gasteiger partial charge on any atom is -0.288 e. The summed E-state index contributed by atoms with van der Waals surface area (Å²) in [5.74, 6) is -1.16. The smallest absolute Gasteiger partial charge is 0.288 e. The van der Waals surface area contributed by atoms with Gasteiger partial charge >= 0.3 is 6.43 Å². The fourth-order valence-electron chi connectivity index (χ4n) is 1.50. The number of hydrogen-bond donors (Lipinski definition) is 0. The molecule has 0 unspecified atom stereocenters. The second-order valence-electron chi connectivity index (χ2n) is 3.62. The van der Waals surface area contributed by atoms with Crippen molar-refractivity contribution < 1.29 is 13.6 Å². The summed E-state index contributed by atoms with van der Waals surface area (Å²) in [6.45, 7) is 0. The molecule has 0 amide bonds. The molecule has 1 aromatic heterocycles. The van der Waals surface area contributed by atoms with Crippen molar-refractivity contribution in [2.24, 2.45) is 7.05 Å². The summed E-state index contributed by atoms with van der Waals surface area (Å²) in [6, 6.07) is 7.80. The van der Waals surface area contributed by atoms with Gasteiger partial charge in [-0.3, -0.25) is 9.48 Å². The molecule has 0 fully saturated rings. The zero-order chi connectivity index (χ0) is 12.4. The van der Waals surface area contributed by atoms with Crippen molar-refractivity contribution in [2.75, 3.05) is 0 Å². The lowest BCUT2D eigenvalue weighted by molar-refractivity contribution is 0.0679. The van der Waals surface area contributed by atoms with Gasteiger partial charge in [0.15, 0.2) is 0 Å². The van der Waals surface area contributed by atoms with Crippen molar-refractivity contribution in [3.8, 4) is 11.3 Å². The fraction of sp³-hybridized carbons (Fsp3) is 0.167. The third-order valence-electron chi connectivity index (χ3n) is 2.38. The van der Waals surface area contributed by atoms with E-state index in [1.807, 2.05) is 6.07 Å². The lowest BCUT2D eigenvalue weighted by atomic mass is 10.1. The van der Waals surface area contributed by atoms with E-state index < -0.39 is 12.2 Å². The standard InChI is InChI=1S/C12H10F2N2O/c1-16-7-6-10(15-16)8-2-4-9(5-3-8)11(17)12(13)14/h2-7,12H,1H3. The molecule has 3 nitrogen and oxygen atoms in total. The highest BCUT2D eigenvalue weighted by Gasteiger charge is 2.17. The van der Waals surface area contributed by atoms with Crippen LogP contribution in [0.4, 0.5) is 8.78 Å². The third-order valence-corrected chi connectivity index (χ3v) is 2.38. The Morgan fingerprint density at radius 2 is 1.88 bits per heavy atom. The van der Waals surface area contributed by atoms with Crippen LogP contribution < -0.4 is 0 Å². The van der Waals surface area contributed by atoms with Crippen molar-refractivity contribution in [3.63, 3.8) is 0 Å². The van der Waals surface area contributed by atoms with Crippen molar-refractivity contribution in [2.45, 2.75) is 6.43 Å². The normalized spacial score (nSPS) is 10.8. The summed E-state index contributed by atoms with van der Waals surface area (Å²) in [5.41, 5.74) is 1.54. The monoisotopic (exact) mass is 236 g/mol. The molecular formula is C12H10F2N2O. The van der Waals surface area contributed by atoms with Crippen molar-refractivity contribution >= 4 is 5.78 Å². The number of nitrogens with zero attached hydrogens (tertiary/aromatic N) is 2. The Hall–Kier alpha value is -2.04. The molecule has 2 aromatic rings. The number of hydrogen-bond acceptors (Lipinski definition) is 2. The zero-order valence-corrected chi connectivity index (χ0v) is 9.10. The highest BCUT2D eigenvalue weighted by molar-refractivity contribution is 5.98. The number of alkyl halides is 2. The highest BCUT2D eigenvalue weighted by Crippen LogP contribution is 2.18. The molecule has 0 N–H and O–H groups in total. The van der Waals surface area contributed by atoms with Crippen LogP contribution in [0.2, 0.25) is 0 Å². The Kier molecular flexibility index (Phi) is 2.99. The highest BCUT2D eigenvalue weighted by atomic mass is 19.3. The molecule has 0 bridgehead atoms. The van der Waals surface area contributed by atoms with Crippen LogP contribution in [0.5, 0.6) is 0 Å². The van der Waals surface area contributed by atoms with Crippen molar-refractivity contribution in [1.82, 2.24) is 9.78 Å². The first-order valence-electron chi connectivity index (χ1n) is 5.00. The summed E-state index contributed by atoms with van der Waals surface area (Å²) in [5, 5.41) is 4.17. The van der Waals surface area contributed by atoms with Crippen LogP contribution >= 0.6 is 0 Å². The van der Waals surface area contributed by atoms with Gasteiger partial charge in [-0.25, -0.2) is 8.78 Å². The average Bonchev–Trinajstić information content (AvgIpc) is 2.75. The molecule has 0 atom stereocenters. The number of aromatic nitrogens is 2. The van der Waals surface area contributed by atoms with E-state index in [2.05, 4.69) is 5.10 Å². The Morgan fingerprint density at radius 3 is 2.35 bits per heavy atom. The second-order valence-corrected chi connectivity index (χ2v) is 3.62. The minimum absolute atomic E-state index is 0.0136. The number of rotatable bonds is 3. The van der Waals surface area contributed by atoms with Gasteiger partial charge in [-0.1, -0.05) is 24.3 Å². The van der Waals surface area contributed by atoms with Gasteiger partial charge in [0.1, 0.15) is 0 Å². The first kappa shape index (κ1) is 11.4. The lowest BCUT2D eigenvalue weighted by Crippen LogP contribution is -2.09. The van der Waals surface area contributed by atoms with Gasteiger partial charge in [-0.05, 0) is 6.07 Å². The van der Waals surface area contributed by atoms with E-state index in [9.17, 15) is 13.6 Å². The second kappa shape index (κ2) is 4.45. The molecule has 5 heteroatoms. The van der Waals surface area contributed by atoms with Gasteiger partial charge in [0.05, 0.1) is 5.69 Å². The molecule has 0 spiro atoms. The van der Waals surface area contributed by atoms with Gasteiger partial charge < -0.3 is 0 Å². The SMILES string of the molecule is Cn1ccc(-c2ccc(C(=O)C(F)F)cc2)n1. The summed E-state index contributed by atoms with van der Waals surface area (Å²) in [6.07, 6.45) is -1.18. The fourth-order valence-corrected chi connectivity index (χ4v) is 1.50. The summed E-state index contributed by atoms with van der Waals surface area (Å²) < 4.78 is 26.0. The Labute approximate surface area is 96.7 Å². The number of benzene rings is 1. The maximum absolute atomic E-state index is 12.2. The largest absolute Gasteiger partial charge is 0.300 e. The molecule has 0 radical (unpaired) electrons. The molecule has 17 heavy (non-hydrogen) atoms. The molecule has 0 aliphatic rings. The van der Waals surface area contributed by atoms with Crippen molar-refractivity contribution in [3.05, 3.63) is 42.1 Å². The number of carbonyl (C=O) groups excluding carboxylic acids is 1. The predicted octanol–water partition coefficient (Wildman–Crippen LogP) is 2.53. The van der Waals surface area contributed by atoms with E-state index >= 15 is 0 Å². The molecule has 1 aromatic carbocycles. The molecule has 0 aliphatic heterocycles. The number of Topliss-reactive ketones (excluding diaryl/α,β-unsaturated/α-hetero) is 1. The average molecular weight is 236 g/mol. The number of ketones is 1. The number of aryl methyl sites for hydroxylation is 1. The third kappa shape index (κ3) is 2.38. The van der Waals surface area contributed by atoms with Crippen LogP contribution in [-0.2, 0) is 7.05 Å². The summed E-state index contributed by atoms with van der Waals surface area (Å²) >= 11 is 0. The molecule has 1 heterocycles. The molecule has 2 rings (SSSR count). The first-order chi connectivity index (χ1) is 8.08. The van der Waals surface area contributed by atoms with Crippen LogP contribution in [-0.4, -0.2) is 22.0 Å². The van der Waals surface area contributed by atoms with Crippen LogP contribution in [0.3, 0.4) is 0 Å². The Bertz CT molecular complexity index is 532. The molecule has 0 aliphatic carbocycles. The maximum Gasteiger partial charge on any atom is 0.300 e. The molecule has 88 valence electrons. The molecular weight excluding hydrogens is 226 g/mol. The van der Waals surface area contributed by atoms with Gasteiger partial charge in [0.25, 0.3) is 0 Å². The van der Waals surface area contributed by atoms with Crippen LogP contribution in [0, 0.1) is 0 Å². The van der Waals surface area contributed by atoms with Gasteiger partial charge in [-0.15, -0.1) is 0 Å². The summed E-state index contributed by atoms with van der Waals surface area (Å²) in [7, 11) is 1.79. The predicted molar refractivity (Wildman–Crippen MR) is 59.0 cm³/mol. The van der Waals surface area contributed by atoms with E-state index in [0.29, 0.717) is 0 Å². The van der Waals surface area contributed by atoms with E-state index in [-0.39, 0.29) is 5.56 Å². The number of carbonyl (C=O) groups is 1. The van der Waals surface area contributed by atoms with E-state index in [0.717, 1.165) is 11.3 Å². The molecule has 0 saturated heterocycles. The number of halogens is 2. The van der Waals surface area contributed by atoms with Crippen molar-refractivity contribution in [1.29, 1.82) is 0 Å². The first-order valence-corrected chi connectivity index (χ1v) is 5.00. The Balaban J connectivity index is 2.27. The minimum atomic E-state index is -2.96. The quantitative estimate of drug-likeness (QED) is 0.767. The molecule has 0 saturated carbocycles. The Morgan fingerprint density at radius 1 is 1.24 bits per heavy atom. The van der Waals surface area contributed by atoms with Gasteiger partial charge in [-0.2, -0.15) is 5.10 Å². The van der Waals surface area contributed by atoms with E-state index in [1.165, 1.54) is 12.1 Å². The summed E-state index contributed by atoms with van der Waals surface area (Å²) in [4.78, 5) is 11.0. The topological polar surface area (TPSA) is 34.9 Å². The maximum atomic E-state index is 12.2. The zero-order valence-electron chi connectivity index (χ0n) is 9.10. The van der Waals surface area contributed by atoms with E-state index in [1.54, 1.807) is 30.1 Å². The van der Waals surface area contributed by atoms with Crippen LogP contribution in [0.15, 0.2) is 36.5 Å². The van der Waals surface area contributed by atoms with Gasteiger partial charge in [0.2, 0.25) is 5.78 Å². The van der Waals surface area contributed by atoms with Crippen LogP contribution in [0.25, 0.3) is 11.3 Å². The van der Waals surface area contributed by atoms with Gasteiger partial charge in [0, 0.05) is 24.4 Å².